The van der Waals surface area contributed by atoms with Crippen molar-refractivity contribution in [1.29, 1.82) is 0 Å². The molecule has 1 amide bonds. The van der Waals surface area contributed by atoms with Crippen LogP contribution in [0.3, 0.4) is 0 Å². The summed E-state index contributed by atoms with van der Waals surface area (Å²) in [5.41, 5.74) is 2.47. The molecule has 1 heterocycles. The lowest BCUT2D eigenvalue weighted by molar-refractivity contribution is 0.0619. The maximum atomic E-state index is 12.7. The quantitative estimate of drug-likeness (QED) is 0.858. The van der Waals surface area contributed by atoms with Crippen LogP contribution >= 0.6 is 0 Å². The van der Waals surface area contributed by atoms with E-state index in [1.807, 2.05) is 45.0 Å². The number of aryl methyl sites for hydroxylation is 1. The van der Waals surface area contributed by atoms with E-state index in [1.54, 1.807) is 12.1 Å². The van der Waals surface area contributed by atoms with Gasteiger partial charge in [0.2, 0.25) is 0 Å². The smallest absolute Gasteiger partial charge is 0.251 e. The first-order chi connectivity index (χ1) is 12.2. The number of ether oxygens (including phenoxy) is 2. The number of hydrogen-bond acceptors (Lipinski definition) is 3. The summed E-state index contributed by atoms with van der Waals surface area (Å²) in [6.07, 6.45) is 0.836. The number of nitrogens with one attached hydrogen (secondary N) is 1. The van der Waals surface area contributed by atoms with Crippen molar-refractivity contribution in [2.75, 3.05) is 0 Å². The summed E-state index contributed by atoms with van der Waals surface area (Å²) in [5, 5.41) is 3.17. The molecule has 0 unspecified atom stereocenters. The van der Waals surface area contributed by atoms with Crippen LogP contribution < -0.4 is 14.8 Å². The van der Waals surface area contributed by atoms with Gasteiger partial charge in [0.1, 0.15) is 17.1 Å². The van der Waals surface area contributed by atoms with Gasteiger partial charge >= 0.3 is 0 Å². The van der Waals surface area contributed by atoms with Gasteiger partial charge in [0.05, 0.1) is 12.1 Å². The largest absolute Gasteiger partial charge is 0.491 e. The zero-order valence-electron chi connectivity index (χ0n) is 16.1. The summed E-state index contributed by atoms with van der Waals surface area (Å²) in [7, 11) is 0. The van der Waals surface area contributed by atoms with Crippen LogP contribution in [-0.2, 0) is 0 Å². The van der Waals surface area contributed by atoms with Crippen LogP contribution in [0.15, 0.2) is 42.5 Å². The lowest BCUT2D eigenvalue weighted by Gasteiger charge is -2.38. The van der Waals surface area contributed by atoms with Gasteiger partial charge in [-0.25, -0.2) is 0 Å². The second-order valence-electron chi connectivity index (χ2n) is 7.82. The third-order valence-electron chi connectivity index (χ3n) is 4.42. The molecule has 0 aliphatic carbocycles. The molecule has 0 spiro atoms. The third-order valence-corrected chi connectivity index (χ3v) is 4.42. The van der Waals surface area contributed by atoms with Gasteiger partial charge in [-0.2, -0.15) is 0 Å². The summed E-state index contributed by atoms with van der Waals surface area (Å²) in [6, 6.07) is 13.3. The molecule has 1 N–H and O–H groups in total. The lowest BCUT2D eigenvalue weighted by atomic mass is 9.89. The van der Waals surface area contributed by atoms with Crippen molar-refractivity contribution >= 4 is 5.91 Å². The normalized spacial score (nSPS) is 18.0. The first-order valence-electron chi connectivity index (χ1n) is 9.11. The molecule has 138 valence electrons. The van der Waals surface area contributed by atoms with E-state index in [4.69, 9.17) is 9.47 Å². The number of carbonyl (C=O) groups excluding carboxylic acids is 1. The van der Waals surface area contributed by atoms with Crippen LogP contribution in [-0.4, -0.2) is 17.6 Å². The first kappa shape index (κ1) is 18.3. The van der Waals surface area contributed by atoms with E-state index in [-0.39, 0.29) is 23.7 Å². The maximum absolute atomic E-state index is 12.7. The van der Waals surface area contributed by atoms with Crippen LogP contribution in [0.5, 0.6) is 11.5 Å². The number of hydrogen-bond donors (Lipinski definition) is 1. The molecule has 1 aliphatic rings. The van der Waals surface area contributed by atoms with Gasteiger partial charge in [-0.1, -0.05) is 12.1 Å². The fraction of sp³-hybridized carbons (Fsp3) is 0.409. The van der Waals surface area contributed by atoms with Crippen molar-refractivity contribution in [2.45, 2.75) is 58.8 Å². The standard InChI is InChI=1S/C22H27NO3/c1-14(2)25-17-9-7-16(8-10-17)21(24)23-19-13-22(4,5)26-20-12-15(3)6-11-18(19)20/h6-12,14,19H,13H2,1-5H3,(H,23,24)/t19-/m0/s1. The van der Waals surface area contributed by atoms with Crippen molar-refractivity contribution in [2.24, 2.45) is 0 Å². The summed E-state index contributed by atoms with van der Waals surface area (Å²) >= 11 is 0. The molecule has 1 atom stereocenters. The van der Waals surface area contributed by atoms with Crippen molar-refractivity contribution in [1.82, 2.24) is 5.32 Å². The zero-order valence-corrected chi connectivity index (χ0v) is 16.1. The molecule has 0 aromatic heterocycles. The predicted molar refractivity (Wildman–Crippen MR) is 103 cm³/mol. The van der Waals surface area contributed by atoms with Crippen molar-refractivity contribution < 1.29 is 14.3 Å². The number of rotatable bonds is 4. The monoisotopic (exact) mass is 353 g/mol. The molecule has 3 rings (SSSR count). The minimum absolute atomic E-state index is 0.0755. The number of benzene rings is 2. The summed E-state index contributed by atoms with van der Waals surface area (Å²) in [6.45, 7) is 10.1. The Morgan fingerprint density at radius 2 is 1.88 bits per heavy atom. The Labute approximate surface area is 155 Å². The minimum Gasteiger partial charge on any atom is -0.491 e. The SMILES string of the molecule is Cc1ccc2c(c1)OC(C)(C)C[C@@H]2NC(=O)c1ccc(OC(C)C)cc1. The Balaban J connectivity index is 1.78. The second kappa shape index (κ2) is 7.02. The molecule has 0 saturated carbocycles. The van der Waals surface area contributed by atoms with Crippen molar-refractivity contribution in [3.8, 4) is 11.5 Å². The molecule has 0 saturated heterocycles. The molecular weight excluding hydrogens is 326 g/mol. The molecule has 1 aliphatic heterocycles. The highest BCUT2D eigenvalue weighted by atomic mass is 16.5. The molecule has 4 nitrogen and oxygen atoms in total. The van der Waals surface area contributed by atoms with Gasteiger partial charge in [0, 0.05) is 17.5 Å². The molecule has 4 heteroatoms. The summed E-state index contributed by atoms with van der Waals surface area (Å²) < 4.78 is 11.7. The fourth-order valence-corrected chi connectivity index (χ4v) is 3.29. The van der Waals surface area contributed by atoms with Crippen LogP contribution in [0.2, 0.25) is 0 Å². The molecular formula is C22H27NO3. The van der Waals surface area contributed by atoms with Gasteiger partial charge in [0.15, 0.2) is 0 Å². The molecule has 2 aromatic carbocycles. The fourth-order valence-electron chi connectivity index (χ4n) is 3.29. The lowest BCUT2D eigenvalue weighted by Crippen LogP contribution is -2.41. The number of carbonyl (C=O) groups is 1. The van der Waals surface area contributed by atoms with Crippen LogP contribution in [0.4, 0.5) is 0 Å². The van der Waals surface area contributed by atoms with E-state index < -0.39 is 0 Å². The highest BCUT2D eigenvalue weighted by Gasteiger charge is 2.34. The average Bonchev–Trinajstić information content (AvgIpc) is 2.53. The third kappa shape index (κ3) is 4.18. The number of amides is 1. The molecule has 0 bridgehead atoms. The molecule has 26 heavy (non-hydrogen) atoms. The van der Waals surface area contributed by atoms with E-state index >= 15 is 0 Å². The second-order valence-corrected chi connectivity index (χ2v) is 7.82. The van der Waals surface area contributed by atoms with Gasteiger partial charge in [-0.3, -0.25) is 4.79 Å². The maximum Gasteiger partial charge on any atom is 0.251 e. The van der Waals surface area contributed by atoms with Gasteiger partial charge in [-0.15, -0.1) is 0 Å². The minimum atomic E-state index is -0.326. The Kier molecular flexibility index (Phi) is 4.94. The van der Waals surface area contributed by atoms with Crippen LogP contribution in [0.25, 0.3) is 0 Å². The van der Waals surface area contributed by atoms with E-state index in [2.05, 4.69) is 25.2 Å². The topological polar surface area (TPSA) is 47.6 Å². The summed E-state index contributed by atoms with van der Waals surface area (Å²) in [5.74, 6) is 1.53. The van der Waals surface area contributed by atoms with Crippen LogP contribution in [0.1, 0.15) is 61.6 Å². The molecule has 2 aromatic rings. The van der Waals surface area contributed by atoms with Crippen molar-refractivity contribution in [3.05, 3.63) is 59.2 Å². The van der Waals surface area contributed by atoms with E-state index in [9.17, 15) is 4.79 Å². The first-order valence-corrected chi connectivity index (χ1v) is 9.11. The van der Waals surface area contributed by atoms with Crippen LogP contribution in [0, 0.1) is 6.92 Å². The Bertz CT molecular complexity index is 794. The van der Waals surface area contributed by atoms with E-state index in [0.717, 1.165) is 29.0 Å². The van der Waals surface area contributed by atoms with Gasteiger partial charge < -0.3 is 14.8 Å². The highest BCUT2D eigenvalue weighted by molar-refractivity contribution is 5.94. The highest BCUT2D eigenvalue weighted by Crippen LogP contribution is 2.40. The number of fused-ring (bicyclic) bond motifs is 1. The van der Waals surface area contributed by atoms with Gasteiger partial charge in [-0.05, 0) is 70.5 Å². The summed E-state index contributed by atoms with van der Waals surface area (Å²) in [4.78, 5) is 12.7. The molecule has 0 fully saturated rings. The van der Waals surface area contributed by atoms with E-state index in [1.165, 1.54) is 0 Å². The Morgan fingerprint density at radius 3 is 2.54 bits per heavy atom. The Morgan fingerprint density at radius 1 is 1.19 bits per heavy atom. The zero-order chi connectivity index (χ0) is 18.9. The van der Waals surface area contributed by atoms with E-state index in [0.29, 0.717) is 5.56 Å². The van der Waals surface area contributed by atoms with Crippen molar-refractivity contribution in [3.63, 3.8) is 0 Å². The Hall–Kier alpha value is -2.49. The molecule has 0 radical (unpaired) electrons. The average molecular weight is 353 g/mol. The predicted octanol–water partition coefficient (Wildman–Crippen LogP) is 4.81. The van der Waals surface area contributed by atoms with Gasteiger partial charge in [0.25, 0.3) is 5.91 Å².